The number of amides is 1. The highest BCUT2D eigenvalue weighted by molar-refractivity contribution is 5.74. The molecule has 5 nitrogen and oxygen atoms in total. The van der Waals surface area contributed by atoms with Gasteiger partial charge in [0.05, 0.1) is 18.8 Å². The highest BCUT2D eigenvalue weighted by Gasteiger charge is 2.61. The number of fused-ring (bicyclic) bond motifs is 4. The zero-order chi connectivity index (χ0) is 21.0. The molecule has 160 valence electrons. The number of rotatable bonds is 3. The number of carbonyl (C=O) groups is 1. The van der Waals surface area contributed by atoms with E-state index in [1.807, 2.05) is 6.07 Å². The van der Waals surface area contributed by atoms with Crippen LogP contribution in [0.25, 0.3) is 0 Å². The van der Waals surface area contributed by atoms with Crippen molar-refractivity contribution in [2.45, 2.75) is 70.2 Å². The molecule has 0 spiro atoms. The highest BCUT2D eigenvalue weighted by Crippen LogP contribution is 2.57. The summed E-state index contributed by atoms with van der Waals surface area (Å²) in [6.45, 7) is 8.79. The van der Waals surface area contributed by atoms with Gasteiger partial charge in [-0.2, -0.15) is 0 Å². The van der Waals surface area contributed by atoms with Gasteiger partial charge in [-0.15, -0.1) is 0 Å². The fraction of sp³-hybridized carbons (Fsp3) is 0.696. The molecule has 1 saturated carbocycles. The molecule has 1 amide bonds. The number of nitrogens with one attached hydrogen (secondary N) is 2. The number of hydrogen-bond donors (Lipinski definition) is 2. The minimum absolute atomic E-state index is 0.00673. The van der Waals surface area contributed by atoms with E-state index in [4.69, 9.17) is 9.47 Å². The molecular weight excluding hydrogens is 371 g/mol. The van der Waals surface area contributed by atoms with Gasteiger partial charge in [0.2, 0.25) is 5.91 Å². The van der Waals surface area contributed by atoms with Crippen LogP contribution in [-0.2, 0) is 9.53 Å². The van der Waals surface area contributed by atoms with Gasteiger partial charge in [0, 0.05) is 36.6 Å². The van der Waals surface area contributed by atoms with E-state index < -0.39 is 11.6 Å². The zero-order valence-corrected chi connectivity index (χ0v) is 18.0. The van der Waals surface area contributed by atoms with Crippen LogP contribution in [0.1, 0.15) is 58.6 Å². The van der Waals surface area contributed by atoms with E-state index in [-0.39, 0.29) is 40.9 Å². The van der Waals surface area contributed by atoms with E-state index in [1.54, 1.807) is 19.1 Å². The van der Waals surface area contributed by atoms with Gasteiger partial charge in [-0.25, -0.2) is 4.39 Å². The Morgan fingerprint density at radius 2 is 2.03 bits per heavy atom. The van der Waals surface area contributed by atoms with Crippen molar-refractivity contribution in [2.24, 2.45) is 17.8 Å². The van der Waals surface area contributed by atoms with Crippen LogP contribution >= 0.6 is 0 Å². The lowest BCUT2D eigenvalue weighted by atomic mass is 9.52. The van der Waals surface area contributed by atoms with Crippen LogP contribution in [0.4, 0.5) is 4.39 Å². The Hall–Kier alpha value is -1.66. The molecule has 1 aromatic carbocycles. The van der Waals surface area contributed by atoms with Crippen molar-refractivity contribution in [1.82, 2.24) is 10.6 Å². The predicted molar refractivity (Wildman–Crippen MR) is 109 cm³/mol. The van der Waals surface area contributed by atoms with Crippen molar-refractivity contribution in [2.75, 3.05) is 13.7 Å². The summed E-state index contributed by atoms with van der Waals surface area (Å²) in [5.74, 6) is 0.566. The highest BCUT2D eigenvalue weighted by atomic mass is 19.1. The molecule has 3 aliphatic rings. The minimum Gasteiger partial charge on any atom is -0.494 e. The molecule has 1 aromatic rings. The molecule has 6 atom stereocenters. The summed E-state index contributed by atoms with van der Waals surface area (Å²) in [6.07, 6.45) is 2.29. The van der Waals surface area contributed by atoms with Crippen molar-refractivity contribution in [3.63, 3.8) is 0 Å². The minimum atomic E-state index is -0.405. The Balaban J connectivity index is 1.81. The van der Waals surface area contributed by atoms with E-state index in [0.29, 0.717) is 18.1 Å². The van der Waals surface area contributed by atoms with Crippen LogP contribution in [0, 0.1) is 23.6 Å². The van der Waals surface area contributed by atoms with Crippen molar-refractivity contribution >= 4 is 5.91 Å². The second-order valence-electron chi connectivity index (χ2n) is 9.66. The number of benzene rings is 1. The summed E-state index contributed by atoms with van der Waals surface area (Å²) >= 11 is 0. The van der Waals surface area contributed by atoms with Gasteiger partial charge in [-0.1, -0.05) is 12.1 Å². The van der Waals surface area contributed by atoms with Crippen LogP contribution < -0.4 is 15.4 Å². The van der Waals surface area contributed by atoms with Crippen molar-refractivity contribution in [3.05, 3.63) is 29.6 Å². The predicted octanol–water partition coefficient (Wildman–Crippen LogP) is 3.58. The molecule has 3 fully saturated rings. The van der Waals surface area contributed by atoms with E-state index >= 15 is 4.39 Å². The second kappa shape index (κ2) is 7.24. The topological polar surface area (TPSA) is 59.6 Å². The molecule has 2 bridgehead atoms. The first-order valence-corrected chi connectivity index (χ1v) is 10.7. The Kier molecular flexibility index (Phi) is 5.14. The van der Waals surface area contributed by atoms with Gasteiger partial charge in [0.1, 0.15) is 0 Å². The first-order chi connectivity index (χ1) is 13.7. The van der Waals surface area contributed by atoms with Crippen LogP contribution in [0.5, 0.6) is 5.75 Å². The molecule has 6 heteroatoms. The van der Waals surface area contributed by atoms with Gasteiger partial charge in [0.25, 0.3) is 0 Å². The molecule has 0 aromatic heterocycles. The molecule has 2 saturated heterocycles. The van der Waals surface area contributed by atoms with Crippen LogP contribution in [0.15, 0.2) is 18.2 Å². The first-order valence-electron chi connectivity index (χ1n) is 10.7. The van der Waals surface area contributed by atoms with Gasteiger partial charge in [-0.05, 0) is 57.9 Å². The molecule has 2 N–H and O–H groups in total. The average Bonchev–Trinajstić information content (AvgIpc) is 2.65. The molecule has 4 rings (SSSR count). The SMILES string of the molecule is COc1cccc([C@@H]2OCC[C@]3(NC(C)=O)C4CC(C[C@@H]23)C(C)(C)N[C@@H]4C)c1F. The molecule has 2 aliphatic heterocycles. The first kappa shape index (κ1) is 20.6. The number of halogens is 1. The quantitative estimate of drug-likeness (QED) is 0.808. The van der Waals surface area contributed by atoms with E-state index in [1.165, 1.54) is 7.11 Å². The summed E-state index contributed by atoms with van der Waals surface area (Å²) in [4.78, 5) is 12.3. The Bertz CT molecular complexity index is 798. The fourth-order valence-corrected chi connectivity index (χ4v) is 6.47. The number of carbonyl (C=O) groups excluding carboxylic acids is 1. The summed E-state index contributed by atoms with van der Waals surface area (Å²) in [5, 5.41) is 7.13. The van der Waals surface area contributed by atoms with Crippen molar-refractivity contribution < 1.29 is 18.7 Å². The third-order valence-corrected chi connectivity index (χ3v) is 7.73. The number of hydrogen-bond acceptors (Lipinski definition) is 4. The standard InChI is InChI=1S/C23H33FN2O3/c1-13-17-11-15(22(3,4)25-13)12-18-21(16-7-6-8-19(28-5)20(16)24)29-10-9-23(17,18)26-14(2)27/h6-8,13,15,17-18,21,25H,9-12H2,1-5H3,(H,26,27)/t13-,15?,17?,18+,21+,23+/m1/s1. The van der Waals surface area contributed by atoms with Gasteiger partial charge in [-0.3, -0.25) is 4.79 Å². The molecular formula is C23H33FN2O3. The molecule has 2 heterocycles. The fourth-order valence-electron chi connectivity index (χ4n) is 6.47. The molecule has 1 aliphatic carbocycles. The lowest BCUT2D eigenvalue weighted by Crippen LogP contribution is -2.73. The number of piperidine rings is 1. The third kappa shape index (κ3) is 3.25. The molecule has 29 heavy (non-hydrogen) atoms. The Morgan fingerprint density at radius 3 is 2.72 bits per heavy atom. The second-order valence-corrected chi connectivity index (χ2v) is 9.66. The lowest BCUT2D eigenvalue weighted by molar-refractivity contribution is -0.161. The number of methoxy groups -OCH3 is 1. The normalized spacial score (nSPS) is 38.1. The average molecular weight is 405 g/mol. The maximum Gasteiger partial charge on any atom is 0.217 e. The van der Waals surface area contributed by atoms with Crippen molar-refractivity contribution in [3.8, 4) is 5.75 Å². The van der Waals surface area contributed by atoms with Gasteiger partial charge in [0.15, 0.2) is 11.6 Å². The molecule has 2 unspecified atom stereocenters. The Morgan fingerprint density at radius 1 is 1.31 bits per heavy atom. The number of ether oxygens (including phenoxy) is 2. The van der Waals surface area contributed by atoms with E-state index in [2.05, 4.69) is 31.4 Å². The van der Waals surface area contributed by atoms with Crippen LogP contribution in [-0.4, -0.2) is 36.7 Å². The van der Waals surface area contributed by atoms with Crippen molar-refractivity contribution in [1.29, 1.82) is 0 Å². The summed E-state index contributed by atoms with van der Waals surface area (Å²) in [7, 11) is 1.48. The van der Waals surface area contributed by atoms with Gasteiger partial charge < -0.3 is 20.1 Å². The maximum absolute atomic E-state index is 15.2. The smallest absolute Gasteiger partial charge is 0.217 e. The lowest BCUT2D eigenvalue weighted by Gasteiger charge is -2.63. The summed E-state index contributed by atoms with van der Waals surface area (Å²) < 4.78 is 26.7. The Labute approximate surface area is 172 Å². The monoisotopic (exact) mass is 404 g/mol. The maximum atomic E-state index is 15.2. The summed E-state index contributed by atoms with van der Waals surface area (Å²) in [6, 6.07) is 5.49. The van der Waals surface area contributed by atoms with Crippen LogP contribution in [0.2, 0.25) is 0 Å². The zero-order valence-electron chi connectivity index (χ0n) is 18.0. The van der Waals surface area contributed by atoms with E-state index in [0.717, 1.165) is 19.3 Å². The largest absolute Gasteiger partial charge is 0.494 e. The summed E-state index contributed by atoms with van der Waals surface area (Å²) in [5.41, 5.74) is 0.124. The third-order valence-electron chi connectivity index (χ3n) is 7.73. The molecule has 0 radical (unpaired) electrons. The van der Waals surface area contributed by atoms with Gasteiger partial charge >= 0.3 is 0 Å². The van der Waals surface area contributed by atoms with E-state index in [9.17, 15) is 4.79 Å². The van der Waals surface area contributed by atoms with Crippen LogP contribution in [0.3, 0.4) is 0 Å².